The van der Waals surface area contributed by atoms with E-state index in [1.54, 1.807) is 29.2 Å². The fourth-order valence-electron chi connectivity index (χ4n) is 5.13. The summed E-state index contributed by atoms with van der Waals surface area (Å²) in [5.41, 5.74) is 4.10. The van der Waals surface area contributed by atoms with E-state index in [9.17, 15) is 18.2 Å². The molecular formula is C25H22F2N6O3S. The van der Waals surface area contributed by atoms with Gasteiger partial charge in [0.2, 0.25) is 5.91 Å². The molecule has 1 amide bonds. The van der Waals surface area contributed by atoms with E-state index in [2.05, 4.69) is 15.3 Å². The van der Waals surface area contributed by atoms with Crippen LogP contribution in [-0.2, 0) is 29.2 Å². The van der Waals surface area contributed by atoms with Crippen LogP contribution in [0.1, 0.15) is 5.56 Å². The van der Waals surface area contributed by atoms with Gasteiger partial charge in [-0.1, -0.05) is 0 Å². The first-order valence-corrected chi connectivity index (χ1v) is 13.3. The van der Waals surface area contributed by atoms with Gasteiger partial charge in [-0.2, -0.15) is 0 Å². The molecular weight excluding hydrogens is 502 g/mol. The highest BCUT2D eigenvalue weighted by atomic mass is 32.2. The van der Waals surface area contributed by atoms with E-state index in [0.717, 1.165) is 17.8 Å². The monoisotopic (exact) mass is 524 g/mol. The van der Waals surface area contributed by atoms with Crippen molar-refractivity contribution in [3.05, 3.63) is 64.3 Å². The fourth-order valence-corrected chi connectivity index (χ4v) is 5.63. The number of aryl methyl sites for hydroxylation is 1. The molecule has 3 aromatic heterocycles. The number of H-pyrrole nitrogens is 1. The molecule has 0 saturated heterocycles. The van der Waals surface area contributed by atoms with E-state index in [1.165, 1.54) is 10.8 Å². The lowest BCUT2D eigenvalue weighted by molar-refractivity contribution is -0.116. The SMILES string of the molecule is Cn1cc2c3c(c[nH]c3c1=O)CN(c1ncc(F)cc1F)c1cc3c(cc1-2)N(C(=O)CS(C)=O)CCN3. The smallest absolute Gasteiger partial charge is 0.274 e. The van der Waals surface area contributed by atoms with Crippen LogP contribution in [0, 0.1) is 11.6 Å². The van der Waals surface area contributed by atoms with E-state index in [4.69, 9.17) is 0 Å². The first-order chi connectivity index (χ1) is 17.7. The van der Waals surface area contributed by atoms with Crippen molar-refractivity contribution >= 4 is 50.5 Å². The minimum Gasteiger partial charge on any atom is -0.382 e. The molecule has 2 N–H and O–H groups in total. The molecule has 0 spiro atoms. The van der Waals surface area contributed by atoms with Gasteiger partial charge in [0.05, 0.1) is 29.8 Å². The zero-order valence-corrected chi connectivity index (χ0v) is 20.8. The minimum atomic E-state index is -1.31. The molecule has 4 aromatic rings. The van der Waals surface area contributed by atoms with Crippen LogP contribution in [0.2, 0.25) is 0 Å². The van der Waals surface area contributed by atoms with Gasteiger partial charge in [-0.05, 0) is 17.7 Å². The van der Waals surface area contributed by atoms with Crippen LogP contribution in [-0.4, -0.2) is 49.7 Å². The number of carbonyl (C=O) groups excluding carboxylic acids is 1. The van der Waals surface area contributed by atoms with Crippen molar-refractivity contribution in [2.45, 2.75) is 6.54 Å². The number of amides is 1. The number of hydrogen-bond donors (Lipinski definition) is 2. The third kappa shape index (κ3) is 3.70. The second-order valence-corrected chi connectivity index (χ2v) is 10.6. The molecule has 0 saturated carbocycles. The summed E-state index contributed by atoms with van der Waals surface area (Å²) in [7, 11) is 0.338. The number of hydrogen-bond acceptors (Lipinski definition) is 6. The summed E-state index contributed by atoms with van der Waals surface area (Å²) in [4.78, 5) is 36.2. The highest BCUT2D eigenvalue weighted by Crippen LogP contribution is 2.47. The van der Waals surface area contributed by atoms with Gasteiger partial charge in [0.1, 0.15) is 17.1 Å². The minimum absolute atomic E-state index is 0.0680. The molecule has 5 heterocycles. The largest absolute Gasteiger partial charge is 0.382 e. The number of nitrogens with zero attached hydrogens (tertiary/aromatic N) is 4. The lowest BCUT2D eigenvalue weighted by atomic mass is 9.98. The third-order valence-electron chi connectivity index (χ3n) is 6.73. The van der Waals surface area contributed by atoms with Crippen LogP contribution >= 0.6 is 0 Å². The van der Waals surface area contributed by atoms with Crippen molar-refractivity contribution in [3.63, 3.8) is 0 Å². The summed E-state index contributed by atoms with van der Waals surface area (Å²) in [6, 6.07) is 4.41. The van der Waals surface area contributed by atoms with Crippen molar-refractivity contribution in [3.8, 4) is 11.1 Å². The number of aromatic nitrogens is 3. The summed E-state index contributed by atoms with van der Waals surface area (Å²) in [6.07, 6.45) is 5.87. The van der Waals surface area contributed by atoms with E-state index in [0.29, 0.717) is 52.2 Å². The van der Waals surface area contributed by atoms with Crippen LogP contribution < -0.4 is 20.7 Å². The second-order valence-electron chi connectivity index (χ2n) is 9.14. The molecule has 0 bridgehead atoms. The quantitative estimate of drug-likeness (QED) is 0.427. The number of anilines is 4. The van der Waals surface area contributed by atoms with Crippen molar-refractivity contribution in [2.75, 3.05) is 40.2 Å². The fraction of sp³-hybridized carbons (Fsp3) is 0.240. The molecule has 2 aliphatic heterocycles. The van der Waals surface area contributed by atoms with Crippen molar-refractivity contribution in [2.24, 2.45) is 7.05 Å². The number of halogens is 2. The normalized spacial score (nSPS) is 15.1. The molecule has 1 atom stereocenters. The Kier molecular flexibility index (Phi) is 5.37. The van der Waals surface area contributed by atoms with E-state index < -0.39 is 22.4 Å². The molecule has 6 rings (SSSR count). The summed E-state index contributed by atoms with van der Waals surface area (Å²) in [5.74, 6) is -2.07. The van der Waals surface area contributed by atoms with Crippen LogP contribution in [0.4, 0.5) is 31.7 Å². The number of pyridine rings is 2. The maximum atomic E-state index is 15.1. The maximum Gasteiger partial charge on any atom is 0.274 e. The standard InChI is InChI=1S/C25H22F2N6O3S/c1-31-11-16-15-6-20-18(28-3-4-32(20)21(34)12-37(2)36)7-19(15)33(24-17(27)5-14(26)9-30-24)10-13-8-29-23(22(13)16)25(31)35/h5-9,11,28-29H,3-4,10,12H2,1-2H3. The van der Waals surface area contributed by atoms with E-state index >= 15 is 4.39 Å². The number of aromatic amines is 1. The van der Waals surface area contributed by atoms with Gasteiger partial charge in [-0.15, -0.1) is 0 Å². The van der Waals surface area contributed by atoms with Crippen LogP contribution in [0.5, 0.6) is 0 Å². The van der Waals surface area contributed by atoms with Gasteiger partial charge in [0.15, 0.2) is 11.6 Å². The van der Waals surface area contributed by atoms with Crippen molar-refractivity contribution in [1.82, 2.24) is 14.5 Å². The lowest BCUT2D eigenvalue weighted by Crippen LogP contribution is -2.41. The molecule has 37 heavy (non-hydrogen) atoms. The molecule has 1 unspecified atom stereocenters. The third-order valence-corrected chi connectivity index (χ3v) is 7.38. The van der Waals surface area contributed by atoms with Gasteiger partial charge in [-0.25, -0.2) is 13.8 Å². The number of fused-ring (bicyclic) bond motifs is 3. The summed E-state index contributed by atoms with van der Waals surface area (Å²) in [6.45, 7) is 1.03. The summed E-state index contributed by atoms with van der Waals surface area (Å²) in [5, 5.41) is 3.98. The van der Waals surface area contributed by atoms with Crippen molar-refractivity contribution < 1.29 is 17.8 Å². The Morgan fingerprint density at radius 3 is 2.76 bits per heavy atom. The Morgan fingerprint density at radius 2 is 2.00 bits per heavy atom. The molecule has 9 nitrogen and oxygen atoms in total. The average Bonchev–Trinajstić information content (AvgIpc) is 3.22. The van der Waals surface area contributed by atoms with Crippen LogP contribution in [0.3, 0.4) is 0 Å². The Bertz CT molecular complexity index is 1700. The number of carbonyl (C=O) groups is 1. The average molecular weight is 525 g/mol. The van der Waals surface area contributed by atoms with E-state index in [-0.39, 0.29) is 29.6 Å². The van der Waals surface area contributed by atoms with Crippen LogP contribution in [0.25, 0.3) is 22.0 Å². The van der Waals surface area contributed by atoms with Gasteiger partial charge < -0.3 is 24.7 Å². The first kappa shape index (κ1) is 23.3. The second kappa shape index (κ2) is 8.51. The molecule has 190 valence electrons. The molecule has 0 fully saturated rings. The zero-order valence-electron chi connectivity index (χ0n) is 20.0. The topological polar surface area (TPSA) is 103 Å². The molecule has 0 radical (unpaired) electrons. The molecule has 1 aromatic carbocycles. The van der Waals surface area contributed by atoms with Gasteiger partial charge in [0.25, 0.3) is 5.56 Å². The number of nitrogens with one attached hydrogen (secondary N) is 2. The Balaban J connectivity index is 1.65. The first-order valence-electron chi connectivity index (χ1n) is 11.5. The van der Waals surface area contributed by atoms with Gasteiger partial charge >= 0.3 is 0 Å². The zero-order chi connectivity index (χ0) is 26.0. The van der Waals surface area contributed by atoms with Gasteiger partial charge in [-0.3, -0.25) is 13.8 Å². The summed E-state index contributed by atoms with van der Waals surface area (Å²) >= 11 is 0. The summed E-state index contributed by atoms with van der Waals surface area (Å²) < 4.78 is 42.0. The number of rotatable bonds is 3. The number of benzene rings is 1. The lowest BCUT2D eigenvalue weighted by Gasteiger charge is -2.33. The highest BCUT2D eigenvalue weighted by Gasteiger charge is 2.31. The Morgan fingerprint density at radius 1 is 1.19 bits per heavy atom. The predicted octanol–water partition coefficient (Wildman–Crippen LogP) is 3.00. The maximum absolute atomic E-state index is 15.1. The van der Waals surface area contributed by atoms with Crippen molar-refractivity contribution in [1.29, 1.82) is 0 Å². The molecule has 12 heteroatoms. The van der Waals surface area contributed by atoms with E-state index in [1.807, 2.05) is 12.1 Å². The molecule has 0 aliphatic carbocycles. The van der Waals surface area contributed by atoms with Gasteiger partial charge in [0, 0.05) is 72.2 Å². The highest BCUT2D eigenvalue weighted by molar-refractivity contribution is 7.85. The predicted molar refractivity (Wildman–Crippen MR) is 139 cm³/mol. The Hall–Kier alpha value is -4.06. The van der Waals surface area contributed by atoms with Crippen LogP contribution in [0.15, 0.2) is 41.6 Å². The Labute approximate surface area is 212 Å². The molecule has 2 aliphatic rings.